The van der Waals surface area contributed by atoms with Gasteiger partial charge in [-0.1, -0.05) is 30.3 Å². The van der Waals surface area contributed by atoms with Crippen LogP contribution in [0.2, 0.25) is 0 Å². The van der Waals surface area contributed by atoms with Gasteiger partial charge < -0.3 is 31.9 Å². The molecule has 0 aromatic heterocycles. The van der Waals surface area contributed by atoms with Gasteiger partial charge in [-0.25, -0.2) is 0 Å². The standard InChI is InChI=1S/C28H29N3O7/c1-31(2)21-17-10-13-8-16-15(12-6-4-3-5-7-12)9-14(11-29)22(32)19(16)23(33)18(13)25(35)28(17,38)26(36)20(24(21)34)27(30)37/h3-7,9,13,17,21,32-33,36,38H,8,10-11,29H2,1-2H3,(H2,30,37)/t13-,17-,21-,28-/m1/s1. The molecule has 0 unspecified atom stereocenters. The molecule has 3 aliphatic carbocycles. The SMILES string of the molecule is CN(C)[C@H]1C(=O)C(C(N)=O)=C(O)[C@]2(O)C(=O)C3=C(O)c4c(O)c(CN)cc(-c5ccccc5)c4C[C@@H]3C[C@H]12. The van der Waals surface area contributed by atoms with Gasteiger partial charge >= 0.3 is 0 Å². The number of benzene rings is 2. The van der Waals surface area contributed by atoms with Crippen LogP contribution in [-0.4, -0.2) is 68.5 Å². The Morgan fingerprint density at radius 2 is 1.79 bits per heavy atom. The predicted molar refractivity (Wildman–Crippen MR) is 138 cm³/mol. The highest BCUT2D eigenvalue weighted by atomic mass is 16.3. The van der Waals surface area contributed by atoms with Crippen LogP contribution in [0.5, 0.6) is 5.75 Å². The Bertz CT molecular complexity index is 1460. The molecule has 0 bridgehead atoms. The van der Waals surface area contributed by atoms with Gasteiger partial charge in [0.1, 0.15) is 22.8 Å². The molecule has 5 rings (SSSR count). The summed E-state index contributed by atoms with van der Waals surface area (Å²) in [5.41, 5.74) is 10.0. The number of phenolic OH excluding ortho intramolecular Hbond substituents is 1. The molecule has 0 aliphatic heterocycles. The fourth-order valence-electron chi connectivity index (χ4n) is 6.40. The van der Waals surface area contributed by atoms with Crippen molar-refractivity contribution in [2.45, 2.75) is 31.0 Å². The summed E-state index contributed by atoms with van der Waals surface area (Å²) < 4.78 is 0. The van der Waals surface area contributed by atoms with Gasteiger partial charge in [0.15, 0.2) is 11.4 Å². The molecule has 38 heavy (non-hydrogen) atoms. The fourth-order valence-corrected chi connectivity index (χ4v) is 6.40. The number of nitrogens with zero attached hydrogens (tertiary/aromatic N) is 1. The van der Waals surface area contributed by atoms with E-state index in [2.05, 4.69) is 0 Å². The third kappa shape index (κ3) is 3.34. The highest BCUT2D eigenvalue weighted by Crippen LogP contribution is 2.54. The molecule has 0 spiro atoms. The quantitative estimate of drug-likeness (QED) is 0.321. The molecule has 0 saturated heterocycles. The van der Waals surface area contributed by atoms with Crippen LogP contribution in [0.25, 0.3) is 16.9 Å². The molecule has 2 aromatic rings. The van der Waals surface area contributed by atoms with E-state index < -0.39 is 58.0 Å². The lowest BCUT2D eigenvalue weighted by atomic mass is 9.57. The number of aromatic hydroxyl groups is 1. The lowest BCUT2D eigenvalue weighted by Crippen LogP contribution is -2.65. The number of likely N-dealkylation sites (N-methyl/N-ethyl adjacent to an activating group) is 1. The Labute approximate surface area is 218 Å². The van der Waals surface area contributed by atoms with Crippen LogP contribution in [0.3, 0.4) is 0 Å². The summed E-state index contributed by atoms with van der Waals surface area (Å²) in [7, 11) is 3.13. The third-order valence-electron chi connectivity index (χ3n) is 8.10. The molecule has 0 radical (unpaired) electrons. The lowest BCUT2D eigenvalue weighted by Gasteiger charge is -2.50. The maximum absolute atomic E-state index is 14.0. The van der Waals surface area contributed by atoms with E-state index in [0.717, 1.165) is 11.1 Å². The topological polar surface area (TPSA) is 187 Å². The van der Waals surface area contributed by atoms with E-state index >= 15 is 0 Å². The number of Topliss-reactive ketones (excluding diaryl/α,β-unsaturated/α-hetero) is 2. The molecule has 10 nitrogen and oxygen atoms in total. The summed E-state index contributed by atoms with van der Waals surface area (Å²) in [6, 6.07) is 9.95. The van der Waals surface area contributed by atoms with Crippen molar-refractivity contribution in [2.75, 3.05) is 14.1 Å². The monoisotopic (exact) mass is 519 g/mol. The molecule has 1 amide bonds. The van der Waals surface area contributed by atoms with Gasteiger partial charge in [0.2, 0.25) is 5.78 Å². The fraction of sp³-hybridized carbons (Fsp3) is 0.321. The second-order valence-electron chi connectivity index (χ2n) is 10.3. The first-order valence-corrected chi connectivity index (χ1v) is 12.2. The third-order valence-corrected chi connectivity index (χ3v) is 8.10. The van der Waals surface area contributed by atoms with E-state index in [9.17, 15) is 34.8 Å². The van der Waals surface area contributed by atoms with Crippen molar-refractivity contribution in [3.8, 4) is 16.9 Å². The molecule has 10 heteroatoms. The number of hydrogen-bond acceptors (Lipinski definition) is 9. The van der Waals surface area contributed by atoms with Gasteiger partial charge in [0.25, 0.3) is 5.91 Å². The number of carbonyl (C=O) groups excluding carboxylic acids is 3. The Kier molecular flexibility index (Phi) is 5.94. The number of primary amides is 1. The molecule has 1 saturated carbocycles. The highest BCUT2D eigenvalue weighted by molar-refractivity contribution is 6.24. The number of aliphatic hydroxyl groups is 3. The molecule has 3 aliphatic rings. The molecule has 4 atom stereocenters. The van der Waals surface area contributed by atoms with Crippen molar-refractivity contribution < 1.29 is 34.8 Å². The smallest absolute Gasteiger partial charge is 0.255 e. The zero-order valence-electron chi connectivity index (χ0n) is 20.9. The summed E-state index contributed by atoms with van der Waals surface area (Å²) in [4.78, 5) is 40.7. The molecular weight excluding hydrogens is 490 g/mol. The highest BCUT2D eigenvalue weighted by Gasteiger charge is 2.64. The number of fused-ring (bicyclic) bond motifs is 3. The summed E-state index contributed by atoms with van der Waals surface area (Å²) in [5, 5.41) is 45.2. The molecular formula is C28H29N3O7. The van der Waals surface area contributed by atoms with Gasteiger partial charge in [-0.3, -0.25) is 19.3 Å². The minimum atomic E-state index is -2.67. The lowest BCUT2D eigenvalue weighted by molar-refractivity contribution is -0.153. The van der Waals surface area contributed by atoms with E-state index in [4.69, 9.17) is 11.5 Å². The Morgan fingerprint density at radius 1 is 1.13 bits per heavy atom. The van der Waals surface area contributed by atoms with Crippen molar-refractivity contribution in [1.82, 2.24) is 4.90 Å². The van der Waals surface area contributed by atoms with Crippen molar-refractivity contribution in [3.63, 3.8) is 0 Å². The van der Waals surface area contributed by atoms with Gasteiger partial charge in [0.05, 0.1) is 11.6 Å². The van der Waals surface area contributed by atoms with Crippen LogP contribution < -0.4 is 11.5 Å². The van der Waals surface area contributed by atoms with Crippen LogP contribution in [-0.2, 0) is 27.3 Å². The summed E-state index contributed by atoms with van der Waals surface area (Å²) >= 11 is 0. The molecule has 8 N–H and O–H groups in total. The Balaban J connectivity index is 1.78. The number of carbonyl (C=O) groups is 3. The Morgan fingerprint density at radius 3 is 2.37 bits per heavy atom. The first kappa shape index (κ1) is 25.7. The predicted octanol–water partition coefficient (Wildman–Crippen LogP) is 1.09. The number of rotatable bonds is 4. The van der Waals surface area contributed by atoms with E-state index in [0.29, 0.717) is 11.1 Å². The number of ketones is 2. The zero-order valence-corrected chi connectivity index (χ0v) is 20.9. The minimum absolute atomic E-state index is 0.0272. The van der Waals surface area contributed by atoms with E-state index in [1.807, 2.05) is 30.3 Å². The molecule has 2 aromatic carbocycles. The van der Waals surface area contributed by atoms with Crippen LogP contribution in [0.4, 0.5) is 0 Å². The van der Waals surface area contributed by atoms with E-state index in [-0.39, 0.29) is 36.3 Å². The van der Waals surface area contributed by atoms with E-state index in [1.165, 1.54) is 4.90 Å². The first-order chi connectivity index (χ1) is 17.9. The van der Waals surface area contributed by atoms with E-state index in [1.54, 1.807) is 20.2 Å². The maximum atomic E-state index is 14.0. The van der Waals surface area contributed by atoms with Gasteiger partial charge in [-0.2, -0.15) is 0 Å². The van der Waals surface area contributed by atoms with Crippen molar-refractivity contribution in [1.29, 1.82) is 0 Å². The van der Waals surface area contributed by atoms with Crippen molar-refractivity contribution in [3.05, 3.63) is 70.0 Å². The number of hydrogen-bond donors (Lipinski definition) is 6. The summed E-state index contributed by atoms with van der Waals surface area (Å²) in [6.07, 6.45) is 0.233. The van der Waals surface area contributed by atoms with Crippen LogP contribution in [0, 0.1) is 11.8 Å². The summed E-state index contributed by atoms with van der Waals surface area (Å²) in [5.74, 6) is -6.81. The number of phenols is 1. The second kappa shape index (κ2) is 8.80. The molecule has 198 valence electrons. The van der Waals surface area contributed by atoms with Gasteiger partial charge in [0, 0.05) is 23.6 Å². The maximum Gasteiger partial charge on any atom is 0.255 e. The molecule has 0 heterocycles. The van der Waals surface area contributed by atoms with Crippen molar-refractivity contribution in [2.24, 2.45) is 23.3 Å². The van der Waals surface area contributed by atoms with Gasteiger partial charge in [-0.05, 0) is 55.6 Å². The average Bonchev–Trinajstić information content (AvgIpc) is 2.86. The van der Waals surface area contributed by atoms with Crippen LogP contribution >= 0.6 is 0 Å². The van der Waals surface area contributed by atoms with Crippen LogP contribution in [0.1, 0.15) is 23.1 Å². The first-order valence-electron chi connectivity index (χ1n) is 12.2. The van der Waals surface area contributed by atoms with Crippen molar-refractivity contribution >= 4 is 23.2 Å². The van der Waals surface area contributed by atoms with Gasteiger partial charge in [-0.15, -0.1) is 0 Å². The minimum Gasteiger partial charge on any atom is -0.508 e. The Hall–Kier alpha value is -3.99. The zero-order chi connectivity index (χ0) is 27.7. The average molecular weight is 520 g/mol. The molecule has 1 fully saturated rings. The second-order valence-corrected chi connectivity index (χ2v) is 10.3. The normalized spacial score (nSPS) is 26.8. The number of amides is 1. The summed E-state index contributed by atoms with van der Waals surface area (Å²) in [6.45, 7) is -0.0386. The van der Waals surface area contributed by atoms with Crippen LogP contribution in [0.15, 0.2) is 53.3 Å². The number of nitrogens with two attached hydrogens (primary N) is 2. The number of aliphatic hydroxyl groups excluding tert-OH is 2. The largest absolute Gasteiger partial charge is 0.508 e.